The van der Waals surface area contributed by atoms with E-state index >= 15 is 0 Å². The molecule has 2 saturated carbocycles. The fraction of sp³-hybridized carbons (Fsp3) is 0.895. The number of unbranched alkanes of at least 4 members (excludes halogenated alkanes) is 2. The molecule has 0 heterocycles. The van der Waals surface area contributed by atoms with Gasteiger partial charge in [0.15, 0.2) is 0 Å². The Balaban J connectivity index is 1.65. The zero-order valence-corrected chi connectivity index (χ0v) is 13.4. The molecule has 0 atom stereocenters. The lowest BCUT2D eigenvalue weighted by Gasteiger charge is -2.37. The van der Waals surface area contributed by atoms with Crippen LogP contribution >= 0.6 is 0 Å². The van der Waals surface area contributed by atoms with Gasteiger partial charge in [0.25, 0.3) is 0 Å². The molecule has 1 nitrogen and oxygen atoms in total. The fourth-order valence-corrected chi connectivity index (χ4v) is 4.26. The first-order chi connectivity index (χ1) is 9.83. The predicted octanol–water partition coefficient (Wildman–Crippen LogP) is 5.34. The molecular formula is C19H34O. The van der Waals surface area contributed by atoms with Crippen LogP contribution in [0.2, 0.25) is 0 Å². The summed E-state index contributed by atoms with van der Waals surface area (Å²) < 4.78 is 0. The third-order valence-electron chi connectivity index (χ3n) is 5.77. The summed E-state index contributed by atoms with van der Waals surface area (Å²) in [6.45, 7) is 2.69. The van der Waals surface area contributed by atoms with Crippen molar-refractivity contribution >= 4 is 0 Å². The number of aliphatic hydroxyl groups excluding tert-OH is 1. The molecule has 0 spiro atoms. The van der Waals surface area contributed by atoms with Crippen LogP contribution < -0.4 is 0 Å². The van der Waals surface area contributed by atoms with E-state index in [2.05, 4.69) is 19.1 Å². The topological polar surface area (TPSA) is 20.2 Å². The average Bonchev–Trinajstić information content (AvgIpc) is 2.52. The van der Waals surface area contributed by atoms with Gasteiger partial charge in [-0.05, 0) is 81.5 Å². The second kappa shape index (κ2) is 8.87. The van der Waals surface area contributed by atoms with E-state index in [9.17, 15) is 5.11 Å². The molecule has 0 unspecified atom stereocenters. The number of rotatable bonds is 6. The summed E-state index contributed by atoms with van der Waals surface area (Å²) in [6.07, 6.45) is 20.0. The Bertz CT molecular complexity index is 267. The Morgan fingerprint density at radius 2 is 1.50 bits per heavy atom. The second-order valence-electron chi connectivity index (χ2n) is 7.21. The molecule has 2 rings (SSSR count). The molecule has 0 amide bonds. The van der Waals surface area contributed by atoms with E-state index in [0.717, 1.165) is 17.8 Å². The fourth-order valence-electron chi connectivity index (χ4n) is 4.26. The molecule has 0 saturated heterocycles. The molecule has 0 radical (unpaired) electrons. The maximum atomic E-state index is 9.24. The van der Waals surface area contributed by atoms with Gasteiger partial charge in [0.2, 0.25) is 0 Å². The van der Waals surface area contributed by atoms with E-state index < -0.39 is 0 Å². The summed E-state index contributed by atoms with van der Waals surface area (Å²) in [5, 5.41) is 9.24. The SMILES string of the molecule is CCCCC=C[C@H]1CC[C@H]([C@H]2CC[C@H](CO)CC2)CC1. The molecule has 2 aliphatic rings. The van der Waals surface area contributed by atoms with Gasteiger partial charge >= 0.3 is 0 Å². The Kier molecular flexibility index (Phi) is 7.13. The van der Waals surface area contributed by atoms with Crippen molar-refractivity contribution in [2.45, 2.75) is 77.6 Å². The van der Waals surface area contributed by atoms with Crippen LogP contribution in [-0.4, -0.2) is 11.7 Å². The van der Waals surface area contributed by atoms with Gasteiger partial charge in [-0.1, -0.05) is 31.9 Å². The maximum absolute atomic E-state index is 9.24. The molecule has 2 aliphatic carbocycles. The standard InChI is InChI=1S/C19H34O/c1-2-3-4-5-6-16-7-11-18(12-8-16)19-13-9-17(15-20)10-14-19/h5-6,16-20H,2-4,7-15H2,1H3/t16-,17-,18-,19-. The summed E-state index contributed by atoms with van der Waals surface area (Å²) >= 11 is 0. The van der Waals surface area contributed by atoms with Gasteiger partial charge in [0, 0.05) is 6.61 Å². The highest BCUT2D eigenvalue weighted by Crippen LogP contribution is 2.41. The molecule has 1 N–H and O–H groups in total. The van der Waals surface area contributed by atoms with Crippen molar-refractivity contribution in [1.29, 1.82) is 0 Å². The minimum atomic E-state index is 0.419. The van der Waals surface area contributed by atoms with Gasteiger partial charge in [0.1, 0.15) is 0 Å². The third kappa shape index (κ3) is 4.91. The molecule has 0 aromatic rings. The number of allylic oxidation sites excluding steroid dienone is 2. The van der Waals surface area contributed by atoms with Gasteiger partial charge in [0.05, 0.1) is 0 Å². The zero-order chi connectivity index (χ0) is 14.2. The molecule has 2 fully saturated rings. The highest BCUT2D eigenvalue weighted by Gasteiger charge is 2.29. The van der Waals surface area contributed by atoms with E-state index in [4.69, 9.17) is 0 Å². The van der Waals surface area contributed by atoms with Crippen molar-refractivity contribution in [3.05, 3.63) is 12.2 Å². The molecule has 0 aliphatic heterocycles. The summed E-state index contributed by atoms with van der Waals surface area (Å²) in [7, 11) is 0. The lowest BCUT2D eigenvalue weighted by Crippen LogP contribution is -2.26. The van der Waals surface area contributed by atoms with Crippen LogP contribution in [0.1, 0.15) is 77.6 Å². The second-order valence-corrected chi connectivity index (χ2v) is 7.21. The largest absolute Gasteiger partial charge is 0.396 e. The van der Waals surface area contributed by atoms with Crippen molar-refractivity contribution in [3.8, 4) is 0 Å². The molecular weight excluding hydrogens is 244 g/mol. The highest BCUT2D eigenvalue weighted by atomic mass is 16.3. The van der Waals surface area contributed by atoms with Crippen molar-refractivity contribution in [1.82, 2.24) is 0 Å². The highest BCUT2D eigenvalue weighted by molar-refractivity contribution is 4.92. The van der Waals surface area contributed by atoms with Crippen molar-refractivity contribution in [2.75, 3.05) is 6.61 Å². The van der Waals surface area contributed by atoms with Gasteiger partial charge in [-0.25, -0.2) is 0 Å². The van der Waals surface area contributed by atoms with E-state index in [0.29, 0.717) is 12.5 Å². The Labute approximate surface area is 125 Å². The molecule has 0 aromatic heterocycles. The van der Waals surface area contributed by atoms with E-state index in [1.807, 2.05) is 0 Å². The summed E-state index contributed by atoms with van der Waals surface area (Å²) in [5.74, 6) is 3.46. The summed E-state index contributed by atoms with van der Waals surface area (Å²) in [4.78, 5) is 0. The van der Waals surface area contributed by atoms with Gasteiger partial charge < -0.3 is 5.11 Å². The molecule has 0 aromatic carbocycles. The maximum Gasteiger partial charge on any atom is 0.0459 e. The van der Waals surface area contributed by atoms with Gasteiger partial charge in [-0.15, -0.1) is 0 Å². The van der Waals surface area contributed by atoms with Crippen LogP contribution in [0.5, 0.6) is 0 Å². The Morgan fingerprint density at radius 1 is 0.900 bits per heavy atom. The van der Waals surface area contributed by atoms with E-state index in [-0.39, 0.29) is 0 Å². The first-order valence-corrected chi connectivity index (χ1v) is 9.11. The molecule has 116 valence electrons. The van der Waals surface area contributed by atoms with Crippen LogP contribution in [0.15, 0.2) is 12.2 Å². The minimum Gasteiger partial charge on any atom is -0.396 e. The van der Waals surface area contributed by atoms with Crippen LogP contribution in [-0.2, 0) is 0 Å². The molecule has 20 heavy (non-hydrogen) atoms. The van der Waals surface area contributed by atoms with E-state index in [1.165, 1.54) is 70.6 Å². The molecule has 1 heteroatoms. The number of hydrogen-bond acceptors (Lipinski definition) is 1. The van der Waals surface area contributed by atoms with Crippen molar-refractivity contribution in [3.63, 3.8) is 0 Å². The third-order valence-corrected chi connectivity index (χ3v) is 5.77. The van der Waals surface area contributed by atoms with Gasteiger partial charge in [-0.2, -0.15) is 0 Å². The normalized spacial score (nSPS) is 35.5. The van der Waals surface area contributed by atoms with Crippen molar-refractivity contribution < 1.29 is 5.11 Å². The lowest BCUT2D eigenvalue weighted by atomic mass is 9.69. The zero-order valence-electron chi connectivity index (χ0n) is 13.4. The number of hydrogen-bond donors (Lipinski definition) is 1. The predicted molar refractivity (Wildman–Crippen MR) is 86.6 cm³/mol. The first-order valence-electron chi connectivity index (χ1n) is 9.11. The van der Waals surface area contributed by atoms with Crippen LogP contribution in [0.3, 0.4) is 0 Å². The Hall–Kier alpha value is -0.300. The average molecular weight is 278 g/mol. The monoisotopic (exact) mass is 278 g/mol. The van der Waals surface area contributed by atoms with Crippen LogP contribution in [0, 0.1) is 23.7 Å². The van der Waals surface area contributed by atoms with Crippen molar-refractivity contribution in [2.24, 2.45) is 23.7 Å². The van der Waals surface area contributed by atoms with Gasteiger partial charge in [-0.3, -0.25) is 0 Å². The Morgan fingerprint density at radius 3 is 2.05 bits per heavy atom. The van der Waals surface area contributed by atoms with Crippen LogP contribution in [0.25, 0.3) is 0 Å². The van der Waals surface area contributed by atoms with E-state index in [1.54, 1.807) is 0 Å². The summed E-state index contributed by atoms with van der Waals surface area (Å²) in [6, 6.07) is 0. The van der Waals surface area contributed by atoms with Crippen LogP contribution in [0.4, 0.5) is 0 Å². The smallest absolute Gasteiger partial charge is 0.0459 e. The lowest BCUT2D eigenvalue weighted by molar-refractivity contribution is 0.122. The molecule has 0 bridgehead atoms. The summed E-state index contributed by atoms with van der Waals surface area (Å²) in [5.41, 5.74) is 0. The first kappa shape index (κ1) is 16.1. The minimum absolute atomic E-state index is 0.419. The quantitative estimate of drug-likeness (QED) is 0.514. The number of aliphatic hydroxyl groups is 1.